The molecule has 2 atom stereocenters. The lowest BCUT2D eigenvalue weighted by atomic mass is 9.91. The van der Waals surface area contributed by atoms with Gasteiger partial charge in [0.1, 0.15) is 5.75 Å². The van der Waals surface area contributed by atoms with Crippen molar-refractivity contribution in [3.05, 3.63) is 69.5 Å². The van der Waals surface area contributed by atoms with Crippen molar-refractivity contribution in [3.63, 3.8) is 0 Å². The summed E-state index contributed by atoms with van der Waals surface area (Å²) in [7, 11) is -3.30. The Bertz CT molecular complexity index is 1410. The minimum Gasteiger partial charge on any atom is -0.543 e. The van der Waals surface area contributed by atoms with E-state index >= 15 is 0 Å². The highest BCUT2D eigenvalue weighted by Crippen LogP contribution is 2.39. The highest BCUT2D eigenvalue weighted by atomic mass is 128. The Balaban J connectivity index is 0.00000399. The predicted octanol–water partition coefficient (Wildman–Crippen LogP) is 11.4. The maximum absolute atomic E-state index is 13.7. The molecule has 0 saturated heterocycles. The summed E-state index contributed by atoms with van der Waals surface area (Å²) in [5.41, 5.74) is 7.58. The number of carbonyl (C=O) groups excluding carboxylic acids is 2. The normalized spacial score (nSPS) is 13.1. The molecule has 2 rings (SSSR count). The first-order valence-electron chi connectivity index (χ1n) is 15.1. The third-order valence-electron chi connectivity index (χ3n) is 8.80. The van der Waals surface area contributed by atoms with Crippen molar-refractivity contribution in [2.75, 3.05) is 6.66 Å². The number of nitrogens with one attached hydrogen (secondary N) is 2. The summed E-state index contributed by atoms with van der Waals surface area (Å²) in [5.74, 6) is -0.805. The summed E-state index contributed by atoms with van der Waals surface area (Å²) in [6.07, 6.45) is -0.111. The Labute approximate surface area is 320 Å². The van der Waals surface area contributed by atoms with Gasteiger partial charge >= 0.3 is 0 Å². The van der Waals surface area contributed by atoms with Crippen LogP contribution in [-0.2, 0) is 27.4 Å². The molecule has 0 saturated carbocycles. The van der Waals surface area contributed by atoms with Gasteiger partial charge in [0.15, 0.2) is 8.32 Å². The average Bonchev–Trinajstić information content (AvgIpc) is 2.96. The molecular weight excluding hydrogens is 911 g/mol. The molecule has 0 radical (unpaired) electrons. The largest absolute Gasteiger partial charge is 0.543 e. The van der Waals surface area contributed by atoms with Crippen molar-refractivity contribution >= 4 is 102 Å². The first-order chi connectivity index (χ1) is 21.5. The zero-order valence-electron chi connectivity index (χ0n) is 29.9. The highest BCUT2D eigenvalue weighted by molar-refractivity contribution is 15.0. The molecule has 0 unspecified atom stereocenters. The molecular formula is C33H51ClI2N3O4PSSi2. The van der Waals surface area contributed by atoms with E-state index in [0.717, 1.165) is 18.5 Å². The Morgan fingerprint density at radius 1 is 1.02 bits per heavy atom. The second-order valence-electron chi connectivity index (χ2n) is 14.2. The van der Waals surface area contributed by atoms with Gasteiger partial charge in [-0.15, -0.1) is 0 Å². The van der Waals surface area contributed by atoms with Crippen molar-refractivity contribution in [2.24, 2.45) is 5.92 Å². The molecule has 262 valence electrons. The van der Waals surface area contributed by atoms with E-state index in [0.29, 0.717) is 28.4 Å². The Hall–Kier alpha value is -0.666. The number of hydrogen-bond acceptors (Lipinski definition) is 5. The second-order valence-corrected chi connectivity index (χ2v) is 25.5. The average molecular weight is 962 g/mol. The maximum Gasteiger partial charge on any atom is 0.269 e. The van der Waals surface area contributed by atoms with Gasteiger partial charge in [-0.1, -0.05) is 83.1 Å². The molecule has 0 aromatic heterocycles. The minimum atomic E-state index is -2.21. The van der Waals surface area contributed by atoms with Gasteiger partial charge in [-0.05, 0) is 99.9 Å². The molecule has 2 N–H and O–H groups in total. The Morgan fingerprint density at radius 3 is 2.04 bits per heavy atom. The SMILES string of the molecule is CP=S.II.[C-]#[N+]c1ccc(C[C@@H](C(=O)NNC(=O)c2cccc(O[Si](C)(C)C(C)(C)C)c2)[C@H](C)O[Si](C)(C)C(C)(C)C)c(C)c1Cl. The van der Waals surface area contributed by atoms with Crippen molar-refractivity contribution in [2.45, 2.75) is 104 Å². The molecule has 0 aliphatic carbocycles. The van der Waals surface area contributed by atoms with Crippen molar-refractivity contribution in [3.8, 4) is 5.75 Å². The topological polar surface area (TPSA) is 81.0 Å². The van der Waals surface area contributed by atoms with Gasteiger partial charge in [0, 0.05) is 42.8 Å². The van der Waals surface area contributed by atoms with E-state index in [4.69, 9.17) is 27.0 Å². The van der Waals surface area contributed by atoms with Crippen LogP contribution in [0, 0.1) is 19.4 Å². The van der Waals surface area contributed by atoms with E-state index in [1.807, 2.05) is 32.6 Å². The quantitative estimate of drug-likeness (QED) is 0.0860. The third-order valence-corrected chi connectivity index (χ3v) is 18.2. The zero-order valence-corrected chi connectivity index (χ0v) is 38.7. The molecule has 0 bridgehead atoms. The number of amides is 2. The molecule has 47 heavy (non-hydrogen) atoms. The van der Waals surface area contributed by atoms with Crippen LogP contribution < -0.4 is 15.3 Å². The molecule has 0 aliphatic heterocycles. The Kier molecular flexibility index (Phi) is 20.0. The molecule has 14 heteroatoms. The van der Waals surface area contributed by atoms with E-state index < -0.39 is 34.6 Å². The fourth-order valence-corrected chi connectivity index (χ4v) is 6.58. The van der Waals surface area contributed by atoms with Crippen LogP contribution in [0.4, 0.5) is 5.69 Å². The number of halogens is 3. The molecule has 0 spiro atoms. The van der Waals surface area contributed by atoms with Crippen LogP contribution in [0.2, 0.25) is 41.3 Å². The molecule has 2 aromatic rings. The monoisotopic (exact) mass is 961 g/mol. The van der Waals surface area contributed by atoms with E-state index in [9.17, 15) is 9.59 Å². The van der Waals surface area contributed by atoms with Crippen LogP contribution in [0.5, 0.6) is 5.75 Å². The minimum absolute atomic E-state index is 0.0102. The van der Waals surface area contributed by atoms with Gasteiger partial charge < -0.3 is 8.85 Å². The molecule has 2 aromatic carbocycles. The van der Waals surface area contributed by atoms with E-state index in [1.54, 1.807) is 24.3 Å². The molecule has 7 nitrogen and oxygen atoms in total. The van der Waals surface area contributed by atoms with Crippen LogP contribution >= 0.6 is 56.2 Å². The van der Waals surface area contributed by atoms with Crippen LogP contribution in [0.1, 0.15) is 70.0 Å². The lowest BCUT2D eigenvalue weighted by Gasteiger charge is -2.40. The predicted molar refractivity (Wildman–Crippen MR) is 226 cm³/mol. The summed E-state index contributed by atoms with van der Waals surface area (Å²) in [4.78, 5) is 30.2. The van der Waals surface area contributed by atoms with E-state index in [-0.39, 0.29) is 16.0 Å². The van der Waals surface area contributed by atoms with Gasteiger partial charge in [0.2, 0.25) is 19.9 Å². The van der Waals surface area contributed by atoms with Gasteiger partial charge in [-0.3, -0.25) is 20.4 Å². The number of rotatable bonds is 9. The lowest BCUT2D eigenvalue weighted by molar-refractivity contribution is -0.128. The number of nitrogens with zero attached hydrogens (tertiary/aromatic N) is 1. The summed E-state index contributed by atoms with van der Waals surface area (Å²) in [6.45, 7) is 34.5. The van der Waals surface area contributed by atoms with Crippen LogP contribution in [-0.4, -0.2) is 41.2 Å². The number of hydrazine groups is 1. The maximum atomic E-state index is 13.7. The van der Waals surface area contributed by atoms with Gasteiger partial charge in [-0.25, -0.2) is 4.85 Å². The molecule has 0 heterocycles. The van der Waals surface area contributed by atoms with Gasteiger partial charge in [0.25, 0.3) is 5.91 Å². The zero-order chi connectivity index (χ0) is 37.0. The lowest BCUT2D eigenvalue weighted by Crippen LogP contribution is -2.51. The molecule has 0 aliphatic rings. The fourth-order valence-electron chi connectivity index (χ4n) is 3.88. The van der Waals surface area contributed by atoms with E-state index in [2.05, 4.69) is 132 Å². The first kappa shape index (κ1) is 46.3. The Morgan fingerprint density at radius 2 is 1.55 bits per heavy atom. The summed E-state index contributed by atoms with van der Waals surface area (Å²) in [5, 5.41) is 0.341. The first-order valence-corrected chi connectivity index (χ1v) is 29.9. The van der Waals surface area contributed by atoms with Crippen molar-refractivity contribution in [1.29, 1.82) is 0 Å². The van der Waals surface area contributed by atoms with Crippen molar-refractivity contribution < 1.29 is 18.4 Å². The molecule has 0 fully saturated rings. The van der Waals surface area contributed by atoms with E-state index in [1.165, 1.54) is 0 Å². The summed E-state index contributed by atoms with van der Waals surface area (Å²) in [6, 6.07) is 10.5. The summed E-state index contributed by atoms with van der Waals surface area (Å²) >= 11 is 15.1. The van der Waals surface area contributed by atoms with Crippen LogP contribution in [0.15, 0.2) is 36.4 Å². The number of benzene rings is 2. The summed E-state index contributed by atoms with van der Waals surface area (Å²) < 4.78 is 13.0. The standard InChI is InChI=1S/C32H48ClN3O4Si2.CH3PS.I2/c1-21-23(17-18-27(34-9)28(21)33)20-26(22(2)39-41(10,11)31(3,4)5)30(38)36-35-29(37)24-15-14-16-25(19-24)40-42(12,13)32(6,7)8;1-2-3;1-2/h14-19,22,26H,20H2,1-8,10-13H3,(H,35,37)(H,36,38);1H3;/t22-,26+;;/m0../s1. The van der Waals surface area contributed by atoms with Gasteiger partial charge in [0.05, 0.1) is 23.6 Å². The number of carbonyl (C=O) groups is 2. The fraction of sp³-hybridized carbons (Fsp3) is 0.545. The van der Waals surface area contributed by atoms with Gasteiger partial charge in [-0.2, -0.15) is 0 Å². The number of hydrogen-bond donors (Lipinski definition) is 2. The van der Waals surface area contributed by atoms with Crippen LogP contribution in [0.25, 0.3) is 4.85 Å². The third kappa shape index (κ3) is 14.2. The second kappa shape index (κ2) is 20.2. The van der Waals surface area contributed by atoms with Crippen molar-refractivity contribution in [1.82, 2.24) is 10.9 Å². The van der Waals surface area contributed by atoms with Crippen LogP contribution in [0.3, 0.4) is 0 Å². The highest BCUT2D eigenvalue weighted by Gasteiger charge is 2.41. The molecule has 2 amide bonds. The smallest absolute Gasteiger partial charge is 0.269 e.